The van der Waals surface area contributed by atoms with Crippen LogP contribution in [-0.2, 0) is 6.42 Å². The maximum atomic E-state index is 4.80. The third kappa shape index (κ3) is 3.60. The van der Waals surface area contributed by atoms with E-state index in [0.29, 0.717) is 5.95 Å². The quantitative estimate of drug-likeness (QED) is 0.713. The van der Waals surface area contributed by atoms with Gasteiger partial charge in [-0.25, -0.2) is 4.98 Å². The minimum atomic E-state index is 0.696. The Morgan fingerprint density at radius 2 is 1.96 bits per heavy atom. The highest BCUT2D eigenvalue weighted by Gasteiger charge is 2.14. The Hall–Kier alpha value is -2.56. The highest BCUT2D eigenvalue weighted by Crippen LogP contribution is 2.24. The topological polar surface area (TPSA) is 56.8 Å². The molecule has 0 bridgehead atoms. The molecule has 2 N–H and O–H groups in total. The number of hydrogen-bond donors (Lipinski definition) is 2. The molecule has 25 heavy (non-hydrogen) atoms. The van der Waals surface area contributed by atoms with Crippen molar-refractivity contribution in [3.8, 4) is 0 Å². The number of nitrogens with zero attached hydrogens (tertiary/aromatic N) is 3. The minimum absolute atomic E-state index is 0.696. The molecule has 5 heteroatoms. The Balaban J connectivity index is 1.63. The summed E-state index contributed by atoms with van der Waals surface area (Å²) >= 11 is 0. The number of benzene rings is 1. The number of piperidine rings is 1. The second-order valence-corrected chi connectivity index (χ2v) is 6.74. The zero-order valence-corrected chi connectivity index (χ0v) is 14.8. The molecule has 5 nitrogen and oxygen atoms in total. The molecule has 0 spiro atoms. The summed E-state index contributed by atoms with van der Waals surface area (Å²) in [6.45, 7) is 4.38. The van der Waals surface area contributed by atoms with Gasteiger partial charge in [0.15, 0.2) is 0 Å². The number of fused-ring (bicyclic) bond motifs is 1. The lowest BCUT2D eigenvalue weighted by Gasteiger charge is -2.28. The fraction of sp³-hybridized carbons (Fsp3) is 0.400. The van der Waals surface area contributed by atoms with E-state index in [1.54, 1.807) is 0 Å². The van der Waals surface area contributed by atoms with Crippen LogP contribution < -0.4 is 10.2 Å². The molecule has 0 atom stereocenters. The molecule has 3 heterocycles. The first kappa shape index (κ1) is 15.9. The SMILES string of the molecule is CCCc1cc(N2CCCCC2)nc(Nc2ccc3[nH]ccc3c2)n1. The van der Waals surface area contributed by atoms with Crippen molar-refractivity contribution in [2.45, 2.75) is 39.0 Å². The summed E-state index contributed by atoms with van der Waals surface area (Å²) in [5, 5.41) is 4.59. The molecule has 0 unspecified atom stereocenters. The van der Waals surface area contributed by atoms with Gasteiger partial charge in [0.05, 0.1) is 0 Å². The van der Waals surface area contributed by atoms with Gasteiger partial charge in [0.25, 0.3) is 0 Å². The average molecular weight is 335 g/mol. The Bertz CT molecular complexity index is 848. The number of rotatable bonds is 5. The predicted octanol–water partition coefficient (Wildman–Crippen LogP) is 4.64. The second kappa shape index (κ2) is 7.13. The van der Waals surface area contributed by atoms with Crippen molar-refractivity contribution in [3.05, 3.63) is 42.2 Å². The highest BCUT2D eigenvalue weighted by atomic mass is 15.2. The molecular formula is C20H25N5. The van der Waals surface area contributed by atoms with Crippen molar-refractivity contribution in [1.82, 2.24) is 15.0 Å². The summed E-state index contributed by atoms with van der Waals surface area (Å²) in [7, 11) is 0. The van der Waals surface area contributed by atoms with E-state index in [1.165, 1.54) is 24.6 Å². The zero-order valence-electron chi connectivity index (χ0n) is 14.8. The first-order valence-corrected chi connectivity index (χ1v) is 9.29. The molecule has 0 saturated carbocycles. The van der Waals surface area contributed by atoms with Crippen molar-refractivity contribution >= 4 is 28.4 Å². The number of aryl methyl sites for hydroxylation is 1. The Morgan fingerprint density at radius 1 is 1.08 bits per heavy atom. The van der Waals surface area contributed by atoms with Crippen LogP contribution >= 0.6 is 0 Å². The lowest BCUT2D eigenvalue weighted by atomic mass is 10.1. The Labute approximate surface area is 148 Å². The van der Waals surface area contributed by atoms with Gasteiger partial charge in [0, 0.05) is 47.6 Å². The van der Waals surface area contributed by atoms with Crippen LogP contribution in [0.5, 0.6) is 0 Å². The van der Waals surface area contributed by atoms with Crippen LogP contribution in [0.4, 0.5) is 17.5 Å². The highest BCUT2D eigenvalue weighted by molar-refractivity contribution is 5.83. The van der Waals surface area contributed by atoms with E-state index in [2.05, 4.69) is 52.5 Å². The van der Waals surface area contributed by atoms with Crippen LogP contribution in [0, 0.1) is 0 Å². The van der Waals surface area contributed by atoms with Crippen molar-refractivity contribution in [2.75, 3.05) is 23.3 Å². The van der Waals surface area contributed by atoms with Gasteiger partial charge in [-0.15, -0.1) is 0 Å². The van der Waals surface area contributed by atoms with Gasteiger partial charge in [-0.2, -0.15) is 4.98 Å². The molecule has 1 aliphatic heterocycles. The number of nitrogens with one attached hydrogen (secondary N) is 2. The van der Waals surface area contributed by atoms with E-state index >= 15 is 0 Å². The van der Waals surface area contributed by atoms with Gasteiger partial charge in [-0.3, -0.25) is 0 Å². The van der Waals surface area contributed by atoms with E-state index in [-0.39, 0.29) is 0 Å². The maximum Gasteiger partial charge on any atom is 0.229 e. The zero-order chi connectivity index (χ0) is 17.1. The summed E-state index contributed by atoms with van der Waals surface area (Å²) in [5.41, 5.74) is 3.27. The van der Waals surface area contributed by atoms with Crippen molar-refractivity contribution in [1.29, 1.82) is 0 Å². The van der Waals surface area contributed by atoms with Crippen LogP contribution in [0.25, 0.3) is 10.9 Å². The van der Waals surface area contributed by atoms with Crippen molar-refractivity contribution in [2.24, 2.45) is 0 Å². The predicted molar refractivity (Wildman–Crippen MR) is 104 cm³/mol. The number of aromatic amines is 1. The fourth-order valence-electron chi connectivity index (χ4n) is 3.47. The van der Waals surface area contributed by atoms with Gasteiger partial charge in [-0.05, 0) is 49.9 Å². The molecule has 0 amide bonds. The number of aromatic nitrogens is 3. The van der Waals surface area contributed by atoms with E-state index in [0.717, 1.165) is 48.6 Å². The first-order valence-electron chi connectivity index (χ1n) is 9.29. The van der Waals surface area contributed by atoms with Gasteiger partial charge >= 0.3 is 0 Å². The smallest absolute Gasteiger partial charge is 0.229 e. The maximum absolute atomic E-state index is 4.80. The van der Waals surface area contributed by atoms with Crippen molar-refractivity contribution < 1.29 is 0 Å². The molecule has 1 fully saturated rings. The summed E-state index contributed by atoms with van der Waals surface area (Å²) in [4.78, 5) is 15.1. The fourth-order valence-corrected chi connectivity index (χ4v) is 3.47. The molecular weight excluding hydrogens is 310 g/mol. The van der Waals surface area contributed by atoms with E-state index in [9.17, 15) is 0 Å². The van der Waals surface area contributed by atoms with Crippen LogP contribution in [0.1, 0.15) is 38.3 Å². The number of hydrogen-bond acceptors (Lipinski definition) is 4. The number of H-pyrrole nitrogens is 1. The Morgan fingerprint density at radius 3 is 2.80 bits per heavy atom. The lowest BCUT2D eigenvalue weighted by molar-refractivity contribution is 0.573. The molecule has 0 aliphatic carbocycles. The van der Waals surface area contributed by atoms with E-state index < -0.39 is 0 Å². The molecule has 4 rings (SSSR count). The monoisotopic (exact) mass is 335 g/mol. The van der Waals surface area contributed by atoms with Crippen molar-refractivity contribution in [3.63, 3.8) is 0 Å². The van der Waals surface area contributed by atoms with Crippen LogP contribution in [0.15, 0.2) is 36.5 Å². The minimum Gasteiger partial charge on any atom is -0.361 e. The molecule has 3 aromatic rings. The normalized spacial score (nSPS) is 14.8. The van der Waals surface area contributed by atoms with Crippen LogP contribution in [0.3, 0.4) is 0 Å². The molecule has 1 aliphatic rings. The summed E-state index contributed by atoms with van der Waals surface area (Å²) in [5.74, 6) is 1.75. The van der Waals surface area contributed by atoms with Crippen LogP contribution in [0.2, 0.25) is 0 Å². The molecule has 0 radical (unpaired) electrons. The number of anilines is 3. The van der Waals surface area contributed by atoms with Crippen LogP contribution in [-0.4, -0.2) is 28.0 Å². The lowest BCUT2D eigenvalue weighted by Crippen LogP contribution is -2.30. The summed E-state index contributed by atoms with van der Waals surface area (Å²) in [6, 6.07) is 10.5. The van der Waals surface area contributed by atoms with E-state index in [1.807, 2.05) is 6.20 Å². The molecule has 1 saturated heterocycles. The average Bonchev–Trinajstić information content (AvgIpc) is 3.10. The molecule has 1 aromatic carbocycles. The van der Waals surface area contributed by atoms with Gasteiger partial charge in [0.2, 0.25) is 5.95 Å². The van der Waals surface area contributed by atoms with Gasteiger partial charge < -0.3 is 15.2 Å². The van der Waals surface area contributed by atoms with Gasteiger partial charge in [-0.1, -0.05) is 13.3 Å². The summed E-state index contributed by atoms with van der Waals surface area (Å²) < 4.78 is 0. The van der Waals surface area contributed by atoms with Gasteiger partial charge in [0.1, 0.15) is 5.82 Å². The third-order valence-electron chi connectivity index (χ3n) is 4.76. The second-order valence-electron chi connectivity index (χ2n) is 6.74. The van der Waals surface area contributed by atoms with E-state index in [4.69, 9.17) is 9.97 Å². The first-order chi connectivity index (χ1) is 12.3. The standard InChI is InChI=1S/C20H25N5/c1-2-6-16-14-19(25-11-4-3-5-12-25)24-20(22-16)23-17-7-8-18-15(13-17)9-10-21-18/h7-10,13-14,21H,2-6,11-12H2,1H3,(H,22,23,24). The Kier molecular flexibility index (Phi) is 4.55. The largest absolute Gasteiger partial charge is 0.361 e. The summed E-state index contributed by atoms with van der Waals surface area (Å²) in [6.07, 6.45) is 7.85. The molecule has 2 aromatic heterocycles. The molecule has 130 valence electrons. The third-order valence-corrected chi connectivity index (χ3v) is 4.76.